The predicted molar refractivity (Wildman–Crippen MR) is 124 cm³/mol. The fourth-order valence-electron chi connectivity index (χ4n) is 9.27. The van der Waals surface area contributed by atoms with Gasteiger partial charge in [-0.25, -0.2) is 0 Å². The average Bonchev–Trinajstić information content (AvgIpc) is 3.03. The normalized spacial score (nSPS) is 49.2. The molecular weight excluding hydrogens is 352 g/mol. The lowest BCUT2D eigenvalue weighted by molar-refractivity contribution is -0.129. The highest BCUT2D eigenvalue weighted by Gasteiger charge is 2.60. The molecule has 0 aromatic carbocycles. The van der Waals surface area contributed by atoms with Crippen LogP contribution in [0.5, 0.6) is 0 Å². The predicted octanol–water partition coefficient (Wildman–Crippen LogP) is 7.71. The number of rotatable bonds is 5. The average molecular weight is 403 g/mol. The second-order valence-corrected chi connectivity index (χ2v) is 13.1. The van der Waals surface area contributed by atoms with E-state index < -0.39 is 0 Å². The van der Waals surface area contributed by atoms with Gasteiger partial charge in [0.2, 0.25) is 0 Å². The first-order chi connectivity index (χ1) is 13.7. The van der Waals surface area contributed by atoms with E-state index in [1.807, 2.05) is 0 Å². The van der Waals surface area contributed by atoms with Crippen LogP contribution in [-0.2, 0) is 0 Å². The van der Waals surface area contributed by atoms with Crippen LogP contribution >= 0.6 is 0 Å². The van der Waals surface area contributed by atoms with Gasteiger partial charge in [-0.1, -0.05) is 54.4 Å². The molecule has 1 N–H and O–H groups in total. The first-order valence-electron chi connectivity index (χ1n) is 13.3. The zero-order valence-electron chi connectivity index (χ0n) is 20.4. The molecule has 4 unspecified atom stereocenters. The van der Waals surface area contributed by atoms with Gasteiger partial charge in [0, 0.05) is 0 Å². The lowest BCUT2D eigenvalue weighted by Crippen LogP contribution is -2.54. The molecule has 4 aliphatic rings. The Morgan fingerprint density at radius 1 is 0.793 bits per heavy atom. The molecule has 0 heterocycles. The summed E-state index contributed by atoms with van der Waals surface area (Å²) in [6.07, 6.45) is 15.1. The van der Waals surface area contributed by atoms with Crippen LogP contribution in [0.2, 0.25) is 0 Å². The molecule has 0 amide bonds. The largest absolute Gasteiger partial charge is 0.393 e. The van der Waals surface area contributed by atoms with Crippen molar-refractivity contribution < 1.29 is 5.11 Å². The van der Waals surface area contributed by atoms with Crippen molar-refractivity contribution in [3.8, 4) is 0 Å². The number of hydrogen-bond acceptors (Lipinski definition) is 1. The Hall–Kier alpha value is -0.0400. The molecule has 0 aromatic rings. The molecule has 29 heavy (non-hydrogen) atoms. The summed E-state index contributed by atoms with van der Waals surface area (Å²) in [4.78, 5) is 0. The maximum atomic E-state index is 10.3. The zero-order chi connectivity index (χ0) is 21.0. The maximum Gasteiger partial charge on any atom is 0.0543 e. The number of hydrogen-bond donors (Lipinski definition) is 1. The van der Waals surface area contributed by atoms with E-state index in [-0.39, 0.29) is 6.10 Å². The van der Waals surface area contributed by atoms with Crippen LogP contribution in [0, 0.1) is 58.2 Å². The summed E-state index contributed by atoms with van der Waals surface area (Å²) >= 11 is 0. The molecule has 0 saturated heterocycles. The van der Waals surface area contributed by atoms with E-state index in [0.717, 1.165) is 60.2 Å². The van der Waals surface area contributed by atoms with Gasteiger partial charge in [-0.2, -0.15) is 0 Å². The fraction of sp³-hybridized carbons (Fsp3) is 1.00. The molecule has 4 fully saturated rings. The van der Waals surface area contributed by atoms with Gasteiger partial charge >= 0.3 is 0 Å². The highest BCUT2D eigenvalue weighted by molar-refractivity contribution is 5.09. The summed E-state index contributed by atoms with van der Waals surface area (Å²) in [5, 5.41) is 10.3. The van der Waals surface area contributed by atoms with E-state index in [1.54, 1.807) is 0 Å². The summed E-state index contributed by atoms with van der Waals surface area (Å²) in [5.74, 6) is 7.28. The molecule has 0 spiro atoms. The van der Waals surface area contributed by atoms with Gasteiger partial charge in [-0.05, 0) is 116 Å². The van der Waals surface area contributed by atoms with Gasteiger partial charge < -0.3 is 5.11 Å². The minimum atomic E-state index is -0.0107. The molecule has 168 valence electrons. The van der Waals surface area contributed by atoms with Crippen molar-refractivity contribution in [2.24, 2.45) is 58.2 Å². The third kappa shape index (κ3) is 3.74. The Kier molecular flexibility index (Phi) is 6.22. The van der Waals surface area contributed by atoms with Crippen LogP contribution in [0.15, 0.2) is 0 Å². The third-order valence-corrected chi connectivity index (χ3v) is 11.6. The lowest BCUT2D eigenvalue weighted by Gasteiger charge is -2.61. The monoisotopic (exact) mass is 402 g/mol. The van der Waals surface area contributed by atoms with Crippen molar-refractivity contribution in [3.05, 3.63) is 0 Å². The number of aliphatic hydroxyl groups excluding tert-OH is 1. The van der Waals surface area contributed by atoms with Crippen LogP contribution in [0.4, 0.5) is 0 Å². The smallest absolute Gasteiger partial charge is 0.0543 e. The number of fused-ring (bicyclic) bond motifs is 5. The summed E-state index contributed by atoms with van der Waals surface area (Å²) in [7, 11) is 0. The summed E-state index contributed by atoms with van der Waals surface area (Å²) < 4.78 is 0. The summed E-state index contributed by atoms with van der Waals surface area (Å²) in [5.41, 5.74) is 1.14. The van der Waals surface area contributed by atoms with Gasteiger partial charge in [0.05, 0.1) is 6.10 Å². The maximum absolute atomic E-state index is 10.3. The van der Waals surface area contributed by atoms with Gasteiger partial charge in [-0.15, -0.1) is 0 Å². The minimum Gasteiger partial charge on any atom is -0.393 e. The zero-order valence-corrected chi connectivity index (χ0v) is 20.4. The Morgan fingerprint density at radius 3 is 2.21 bits per heavy atom. The van der Waals surface area contributed by atoms with E-state index in [9.17, 15) is 5.11 Å². The van der Waals surface area contributed by atoms with Crippen LogP contribution in [0.1, 0.15) is 112 Å². The Bertz CT molecular complexity index is 569. The molecule has 0 radical (unpaired) electrons. The molecule has 0 aromatic heterocycles. The SMILES string of the molecule is CC(C)[C@@H](C)CC[C@@H](C)[C@H]1CCC2C3CCC4C[C@@H](O)CC[C@]4(C)C3CC[C@@]21C. The Labute approximate surface area is 181 Å². The quantitative estimate of drug-likeness (QED) is 0.499. The molecule has 1 nitrogen and oxygen atoms in total. The summed E-state index contributed by atoms with van der Waals surface area (Å²) in [6, 6.07) is 0. The van der Waals surface area contributed by atoms with Gasteiger partial charge in [0.1, 0.15) is 0 Å². The van der Waals surface area contributed by atoms with Crippen LogP contribution in [0.3, 0.4) is 0 Å². The molecule has 1 heteroatoms. The van der Waals surface area contributed by atoms with Crippen molar-refractivity contribution in [3.63, 3.8) is 0 Å². The fourth-order valence-corrected chi connectivity index (χ4v) is 9.27. The molecule has 4 aliphatic carbocycles. The van der Waals surface area contributed by atoms with E-state index in [4.69, 9.17) is 0 Å². The third-order valence-electron chi connectivity index (χ3n) is 11.6. The van der Waals surface area contributed by atoms with E-state index in [1.165, 1.54) is 57.8 Å². The Balaban J connectivity index is 1.46. The van der Waals surface area contributed by atoms with Crippen molar-refractivity contribution >= 4 is 0 Å². The second kappa shape index (κ2) is 8.14. The van der Waals surface area contributed by atoms with E-state index in [2.05, 4.69) is 41.5 Å². The van der Waals surface area contributed by atoms with E-state index >= 15 is 0 Å². The van der Waals surface area contributed by atoms with Crippen LogP contribution in [0.25, 0.3) is 0 Å². The van der Waals surface area contributed by atoms with Crippen molar-refractivity contribution in [1.82, 2.24) is 0 Å². The van der Waals surface area contributed by atoms with Gasteiger partial charge in [0.25, 0.3) is 0 Å². The highest BCUT2D eigenvalue weighted by atomic mass is 16.3. The van der Waals surface area contributed by atoms with Crippen molar-refractivity contribution in [1.29, 1.82) is 0 Å². The summed E-state index contributed by atoms with van der Waals surface area (Å²) in [6.45, 7) is 15.2. The van der Waals surface area contributed by atoms with Crippen molar-refractivity contribution in [2.45, 2.75) is 118 Å². The standard InChI is InChI=1S/C28H50O/c1-18(2)19(3)7-8-20(4)24-11-12-25-23-10-9-21-17-22(29)13-15-27(21,5)26(23)14-16-28(24,25)6/h18-26,29H,7-17H2,1-6H3/t19-,20+,21?,22-,23?,24+,25?,26?,27-,28+/m0/s1. The second-order valence-electron chi connectivity index (χ2n) is 13.1. The van der Waals surface area contributed by atoms with Gasteiger partial charge in [0.15, 0.2) is 0 Å². The van der Waals surface area contributed by atoms with Crippen LogP contribution in [-0.4, -0.2) is 11.2 Å². The molecular formula is C28H50O. The van der Waals surface area contributed by atoms with Crippen LogP contribution < -0.4 is 0 Å². The molecule has 0 aliphatic heterocycles. The van der Waals surface area contributed by atoms with Gasteiger partial charge in [-0.3, -0.25) is 0 Å². The van der Waals surface area contributed by atoms with E-state index in [0.29, 0.717) is 10.8 Å². The highest BCUT2D eigenvalue weighted by Crippen LogP contribution is 2.68. The molecule has 4 saturated carbocycles. The lowest BCUT2D eigenvalue weighted by atomic mass is 9.44. The minimum absolute atomic E-state index is 0.0107. The molecule has 0 bridgehead atoms. The first-order valence-corrected chi connectivity index (χ1v) is 13.3. The molecule has 4 rings (SSSR count). The number of aliphatic hydroxyl groups is 1. The Morgan fingerprint density at radius 2 is 1.48 bits per heavy atom. The molecule has 10 atom stereocenters. The topological polar surface area (TPSA) is 20.2 Å². The first kappa shape index (κ1) is 22.2. The van der Waals surface area contributed by atoms with Crippen molar-refractivity contribution in [2.75, 3.05) is 0 Å².